The van der Waals surface area contributed by atoms with Gasteiger partial charge in [0.2, 0.25) is 0 Å². The van der Waals surface area contributed by atoms with E-state index in [1.807, 2.05) is 0 Å². The van der Waals surface area contributed by atoms with Crippen LogP contribution in [0.15, 0.2) is 0 Å². The van der Waals surface area contributed by atoms with Crippen molar-refractivity contribution in [3.8, 4) is 0 Å². The molecule has 0 aliphatic carbocycles. The van der Waals surface area contributed by atoms with E-state index in [0.29, 0.717) is 6.42 Å². The van der Waals surface area contributed by atoms with Gasteiger partial charge in [-0.15, -0.1) is 0 Å². The maximum absolute atomic E-state index is 10.7. The van der Waals surface area contributed by atoms with Crippen LogP contribution >= 0.6 is 0 Å². The second kappa shape index (κ2) is 8.05. The van der Waals surface area contributed by atoms with Crippen LogP contribution in [0.5, 0.6) is 0 Å². The van der Waals surface area contributed by atoms with Gasteiger partial charge in [-0.1, -0.05) is 20.3 Å². The normalized spacial score (nSPS) is 12.5. The molecule has 0 bridgehead atoms. The number of hydrogen-bond donors (Lipinski definition) is 1. The van der Waals surface area contributed by atoms with Gasteiger partial charge in [0.05, 0.1) is 7.11 Å². The summed E-state index contributed by atoms with van der Waals surface area (Å²) in [5, 5.41) is 3.31. The Labute approximate surface area is 80.8 Å². The van der Waals surface area contributed by atoms with Crippen molar-refractivity contribution in [2.24, 2.45) is 5.92 Å². The number of carbonyl (C=O) groups is 1. The number of ether oxygens (including phenoxy) is 1. The molecule has 0 rings (SSSR count). The standard InChI is InChI=1S/C10H21NO2/c1-4-9(2)8-11-7-5-6-10(12)13-3/h9,11H,4-8H2,1-3H3. The second-order valence-corrected chi connectivity index (χ2v) is 3.40. The molecule has 0 saturated heterocycles. The van der Waals surface area contributed by atoms with Crippen LogP contribution in [-0.2, 0) is 9.53 Å². The lowest BCUT2D eigenvalue weighted by Crippen LogP contribution is -2.22. The lowest BCUT2D eigenvalue weighted by atomic mass is 10.1. The molecule has 0 aliphatic heterocycles. The van der Waals surface area contributed by atoms with E-state index in [2.05, 4.69) is 23.9 Å². The van der Waals surface area contributed by atoms with Crippen LogP contribution in [0.3, 0.4) is 0 Å². The van der Waals surface area contributed by atoms with Crippen LogP contribution in [0.2, 0.25) is 0 Å². The van der Waals surface area contributed by atoms with E-state index in [9.17, 15) is 4.79 Å². The summed E-state index contributed by atoms with van der Waals surface area (Å²) in [4.78, 5) is 10.7. The Hall–Kier alpha value is -0.570. The van der Waals surface area contributed by atoms with E-state index in [1.54, 1.807) is 0 Å². The van der Waals surface area contributed by atoms with Gasteiger partial charge in [-0.3, -0.25) is 4.79 Å². The molecule has 0 radical (unpaired) electrons. The molecule has 1 N–H and O–H groups in total. The molecular formula is C10H21NO2. The predicted molar refractivity (Wildman–Crippen MR) is 53.6 cm³/mol. The van der Waals surface area contributed by atoms with E-state index >= 15 is 0 Å². The lowest BCUT2D eigenvalue weighted by Gasteiger charge is -2.09. The van der Waals surface area contributed by atoms with Crippen LogP contribution in [-0.4, -0.2) is 26.2 Å². The number of nitrogens with one attached hydrogen (secondary N) is 1. The van der Waals surface area contributed by atoms with Crippen molar-refractivity contribution in [3.63, 3.8) is 0 Å². The fourth-order valence-corrected chi connectivity index (χ4v) is 0.953. The molecule has 3 nitrogen and oxygen atoms in total. The van der Waals surface area contributed by atoms with Crippen molar-refractivity contribution in [2.75, 3.05) is 20.2 Å². The highest BCUT2D eigenvalue weighted by Gasteiger charge is 2.00. The van der Waals surface area contributed by atoms with E-state index < -0.39 is 0 Å². The van der Waals surface area contributed by atoms with Gasteiger partial charge in [0.25, 0.3) is 0 Å². The number of hydrogen-bond acceptors (Lipinski definition) is 3. The summed E-state index contributed by atoms with van der Waals surface area (Å²) in [6.07, 6.45) is 2.58. The minimum absolute atomic E-state index is 0.120. The van der Waals surface area contributed by atoms with E-state index in [0.717, 1.165) is 25.4 Å². The highest BCUT2D eigenvalue weighted by Crippen LogP contribution is 1.97. The largest absolute Gasteiger partial charge is 0.469 e. The van der Waals surface area contributed by atoms with Gasteiger partial charge < -0.3 is 10.1 Å². The molecule has 1 unspecified atom stereocenters. The van der Waals surface area contributed by atoms with Crippen molar-refractivity contribution in [1.29, 1.82) is 0 Å². The average Bonchev–Trinajstić information content (AvgIpc) is 2.16. The van der Waals surface area contributed by atoms with Crippen molar-refractivity contribution in [2.45, 2.75) is 33.1 Å². The monoisotopic (exact) mass is 187 g/mol. The summed E-state index contributed by atoms with van der Waals surface area (Å²) in [6, 6.07) is 0. The Kier molecular flexibility index (Phi) is 7.69. The Morgan fingerprint density at radius 3 is 2.77 bits per heavy atom. The summed E-state index contributed by atoms with van der Waals surface area (Å²) in [6.45, 7) is 6.34. The molecule has 3 heteroatoms. The first kappa shape index (κ1) is 12.4. The van der Waals surface area contributed by atoms with E-state index in [-0.39, 0.29) is 5.97 Å². The molecule has 0 saturated carbocycles. The molecule has 0 aromatic carbocycles. The molecule has 0 heterocycles. The third kappa shape index (κ3) is 7.78. The maximum Gasteiger partial charge on any atom is 0.305 e. The fraction of sp³-hybridized carbons (Fsp3) is 0.900. The molecule has 0 fully saturated rings. The third-order valence-corrected chi connectivity index (χ3v) is 2.15. The Morgan fingerprint density at radius 1 is 1.54 bits per heavy atom. The van der Waals surface area contributed by atoms with Crippen molar-refractivity contribution in [1.82, 2.24) is 5.32 Å². The predicted octanol–water partition coefficient (Wildman–Crippen LogP) is 1.58. The second-order valence-electron chi connectivity index (χ2n) is 3.40. The number of esters is 1. The fourth-order valence-electron chi connectivity index (χ4n) is 0.953. The van der Waals surface area contributed by atoms with Gasteiger partial charge in [-0.25, -0.2) is 0 Å². The SMILES string of the molecule is CCC(C)CNCCCC(=O)OC. The minimum Gasteiger partial charge on any atom is -0.469 e. The van der Waals surface area contributed by atoms with Gasteiger partial charge in [0.15, 0.2) is 0 Å². The van der Waals surface area contributed by atoms with E-state index in [1.165, 1.54) is 13.5 Å². The third-order valence-electron chi connectivity index (χ3n) is 2.15. The van der Waals surface area contributed by atoms with Crippen LogP contribution in [0.4, 0.5) is 0 Å². The highest BCUT2D eigenvalue weighted by molar-refractivity contribution is 5.68. The van der Waals surface area contributed by atoms with Crippen LogP contribution in [0.1, 0.15) is 33.1 Å². The molecule has 13 heavy (non-hydrogen) atoms. The summed E-state index contributed by atoms with van der Waals surface area (Å²) in [5.41, 5.74) is 0. The zero-order chi connectivity index (χ0) is 10.1. The van der Waals surface area contributed by atoms with Crippen molar-refractivity contribution >= 4 is 5.97 Å². The van der Waals surface area contributed by atoms with Crippen LogP contribution in [0.25, 0.3) is 0 Å². The number of rotatable bonds is 7. The van der Waals surface area contributed by atoms with Gasteiger partial charge in [-0.2, -0.15) is 0 Å². The highest BCUT2D eigenvalue weighted by atomic mass is 16.5. The van der Waals surface area contributed by atoms with Gasteiger partial charge in [0.1, 0.15) is 0 Å². The topological polar surface area (TPSA) is 38.3 Å². The summed E-state index contributed by atoms with van der Waals surface area (Å²) >= 11 is 0. The first-order chi connectivity index (χ1) is 6.20. The Morgan fingerprint density at radius 2 is 2.23 bits per heavy atom. The summed E-state index contributed by atoms with van der Waals surface area (Å²) < 4.78 is 4.53. The molecular weight excluding hydrogens is 166 g/mol. The molecule has 0 spiro atoms. The van der Waals surface area contributed by atoms with Gasteiger partial charge in [0, 0.05) is 6.42 Å². The van der Waals surface area contributed by atoms with Crippen LogP contribution in [0, 0.1) is 5.92 Å². The molecule has 1 atom stereocenters. The minimum atomic E-state index is -0.120. The van der Waals surface area contributed by atoms with E-state index in [4.69, 9.17) is 0 Å². The number of carbonyl (C=O) groups excluding carboxylic acids is 1. The van der Waals surface area contributed by atoms with Gasteiger partial charge >= 0.3 is 5.97 Å². The zero-order valence-corrected chi connectivity index (χ0v) is 8.93. The average molecular weight is 187 g/mol. The quantitative estimate of drug-likeness (QED) is 0.485. The molecule has 0 aromatic rings. The first-order valence-electron chi connectivity index (χ1n) is 4.98. The summed E-state index contributed by atoms with van der Waals surface area (Å²) in [7, 11) is 1.43. The molecule has 0 amide bonds. The van der Waals surface area contributed by atoms with Crippen LogP contribution < -0.4 is 5.32 Å². The Balaban J connectivity index is 3.12. The maximum atomic E-state index is 10.7. The summed E-state index contributed by atoms with van der Waals surface area (Å²) in [5.74, 6) is 0.600. The van der Waals surface area contributed by atoms with Crippen molar-refractivity contribution < 1.29 is 9.53 Å². The van der Waals surface area contributed by atoms with Gasteiger partial charge in [-0.05, 0) is 25.4 Å². The smallest absolute Gasteiger partial charge is 0.305 e. The molecule has 0 aromatic heterocycles. The Bertz CT molecular complexity index is 137. The zero-order valence-electron chi connectivity index (χ0n) is 8.93. The molecule has 0 aliphatic rings. The number of methoxy groups -OCH3 is 1. The lowest BCUT2D eigenvalue weighted by molar-refractivity contribution is -0.140. The first-order valence-corrected chi connectivity index (χ1v) is 4.98. The molecule has 78 valence electrons. The van der Waals surface area contributed by atoms with Crippen molar-refractivity contribution in [3.05, 3.63) is 0 Å².